The van der Waals surface area contributed by atoms with Crippen molar-refractivity contribution in [3.05, 3.63) is 22.1 Å². The fourth-order valence-corrected chi connectivity index (χ4v) is 1.88. The summed E-state index contributed by atoms with van der Waals surface area (Å²) in [5.74, 6) is 5.17. The molecule has 0 radical (unpaired) electrons. The second-order valence-electron chi connectivity index (χ2n) is 4.00. The first-order chi connectivity index (χ1) is 8.19. The Morgan fingerprint density at radius 2 is 2.24 bits per heavy atom. The average Bonchev–Trinajstić information content (AvgIpc) is 2.81. The molecule has 0 unspecified atom stereocenters. The van der Waals surface area contributed by atoms with Gasteiger partial charge in [-0.05, 0) is 12.8 Å². The molecular weight excluding hydrogens is 222 g/mol. The maximum absolute atomic E-state index is 11.5. The number of nitrogens with one attached hydrogen (secondary N) is 2. The van der Waals surface area contributed by atoms with Crippen molar-refractivity contribution in [2.24, 2.45) is 5.84 Å². The standard InChI is InChI=1S/C10H15N5O2/c11-14-9(17)6-7-5-8(16)13-10(12-7)15-3-1-2-4-15/h5H,1-4,6,11H2,(H,14,17)(H,12,13,16). The second-order valence-corrected chi connectivity index (χ2v) is 4.00. The number of nitrogens with zero attached hydrogens (tertiary/aromatic N) is 2. The van der Waals surface area contributed by atoms with Crippen LogP contribution in [0.2, 0.25) is 0 Å². The summed E-state index contributed by atoms with van der Waals surface area (Å²) in [6.45, 7) is 1.77. The lowest BCUT2D eigenvalue weighted by Crippen LogP contribution is -2.32. The van der Waals surface area contributed by atoms with E-state index in [-0.39, 0.29) is 17.9 Å². The highest BCUT2D eigenvalue weighted by Crippen LogP contribution is 2.14. The summed E-state index contributed by atoms with van der Waals surface area (Å²) < 4.78 is 0. The highest BCUT2D eigenvalue weighted by atomic mass is 16.2. The molecule has 2 rings (SSSR count). The van der Waals surface area contributed by atoms with Crippen molar-refractivity contribution >= 4 is 11.9 Å². The van der Waals surface area contributed by atoms with E-state index in [1.165, 1.54) is 6.07 Å². The largest absolute Gasteiger partial charge is 0.342 e. The predicted molar refractivity (Wildman–Crippen MR) is 62.3 cm³/mol. The van der Waals surface area contributed by atoms with Crippen LogP contribution in [0.1, 0.15) is 18.5 Å². The lowest BCUT2D eigenvalue weighted by molar-refractivity contribution is -0.120. The molecule has 1 aliphatic heterocycles. The highest BCUT2D eigenvalue weighted by Gasteiger charge is 2.15. The quantitative estimate of drug-likeness (QED) is 0.352. The van der Waals surface area contributed by atoms with Gasteiger partial charge in [0.15, 0.2) is 0 Å². The van der Waals surface area contributed by atoms with Crippen LogP contribution in [-0.2, 0) is 11.2 Å². The summed E-state index contributed by atoms with van der Waals surface area (Å²) >= 11 is 0. The molecule has 92 valence electrons. The number of anilines is 1. The molecule has 1 aromatic rings. The Balaban J connectivity index is 2.22. The minimum absolute atomic E-state index is 0.0151. The van der Waals surface area contributed by atoms with Gasteiger partial charge in [0.2, 0.25) is 11.9 Å². The SMILES string of the molecule is NNC(=O)Cc1cc(=O)[nH]c(N2CCCC2)n1. The third-order valence-corrected chi connectivity index (χ3v) is 2.69. The topological polar surface area (TPSA) is 104 Å². The highest BCUT2D eigenvalue weighted by molar-refractivity contribution is 5.77. The van der Waals surface area contributed by atoms with E-state index >= 15 is 0 Å². The van der Waals surface area contributed by atoms with Gasteiger partial charge in [-0.3, -0.25) is 20.0 Å². The van der Waals surface area contributed by atoms with E-state index in [1.807, 2.05) is 10.3 Å². The Morgan fingerprint density at radius 3 is 2.88 bits per heavy atom. The number of carbonyl (C=O) groups is 1. The maximum Gasteiger partial charge on any atom is 0.252 e. The van der Waals surface area contributed by atoms with Crippen LogP contribution in [0, 0.1) is 0 Å². The zero-order valence-corrected chi connectivity index (χ0v) is 9.40. The molecule has 17 heavy (non-hydrogen) atoms. The first-order valence-electron chi connectivity index (χ1n) is 5.53. The number of hydrazine groups is 1. The maximum atomic E-state index is 11.5. The van der Waals surface area contributed by atoms with Crippen molar-refractivity contribution in [1.82, 2.24) is 15.4 Å². The molecule has 0 saturated carbocycles. The summed E-state index contributed by atoms with van der Waals surface area (Å²) in [4.78, 5) is 31.5. The van der Waals surface area contributed by atoms with Crippen LogP contribution in [0.15, 0.2) is 10.9 Å². The second kappa shape index (κ2) is 4.96. The Kier molecular flexibility index (Phi) is 3.38. The van der Waals surface area contributed by atoms with E-state index in [0.717, 1.165) is 25.9 Å². The normalized spacial score (nSPS) is 15.0. The van der Waals surface area contributed by atoms with Crippen molar-refractivity contribution in [2.75, 3.05) is 18.0 Å². The fourth-order valence-electron chi connectivity index (χ4n) is 1.88. The van der Waals surface area contributed by atoms with Gasteiger partial charge in [0.25, 0.3) is 5.56 Å². The van der Waals surface area contributed by atoms with E-state index in [2.05, 4.69) is 9.97 Å². The molecule has 7 heteroatoms. The first-order valence-corrected chi connectivity index (χ1v) is 5.53. The van der Waals surface area contributed by atoms with Gasteiger partial charge in [-0.1, -0.05) is 0 Å². The monoisotopic (exact) mass is 237 g/mol. The summed E-state index contributed by atoms with van der Waals surface area (Å²) in [6, 6.07) is 1.31. The van der Waals surface area contributed by atoms with Gasteiger partial charge < -0.3 is 4.90 Å². The molecule has 1 saturated heterocycles. The summed E-state index contributed by atoms with van der Waals surface area (Å²) in [7, 11) is 0. The Bertz CT molecular complexity index is 464. The summed E-state index contributed by atoms with van der Waals surface area (Å²) in [6.07, 6.45) is 2.20. The van der Waals surface area contributed by atoms with Gasteiger partial charge in [0, 0.05) is 19.2 Å². The third kappa shape index (κ3) is 2.82. The molecule has 0 atom stereocenters. The average molecular weight is 237 g/mol. The number of amides is 1. The van der Waals surface area contributed by atoms with Gasteiger partial charge >= 0.3 is 0 Å². The van der Waals surface area contributed by atoms with E-state index in [4.69, 9.17) is 5.84 Å². The number of aromatic amines is 1. The minimum atomic E-state index is -0.365. The smallest absolute Gasteiger partial charge is 0.252 e. The van der Waals surface area contributed by atoms with Crippen molar-refractivity contribution in [2.45, 2.75) is 19.3 Å². The molecule has 7 nitrogen and oxygen atoms in total. The fraction of sp³-hybridized carbons (Fsp3) is 0.500. The number of hydrogen-bond acceptors (Lipinski definition) is 5. The third-order valence-electron chi connectivity index (χ3n) is 2.69. The van der Waals surface area contributed by atoms with Crippen LogP contribution >= 0.6 is 0 Å². The van der Waals surface area contributed by atoms with Crippen LogP contribution < -0.4 is 21.7 Å². The molecule has 4 N–H and O–H groups in total. The van der Waals surface area contributed by atoms with E-state index < -0.39 is 0 Å². The number of hydrogen-bond donors (Lipinski definition) is 3. The van der Waals surface area contributed by atoms with Crippen LogP contribution in [0.4, 0.5) is 5.95 Å². The molecule has 1 amide bonds. The molecular formula is C10H15N5O2. The summed E-state index contributed by atoms with van der Waals surface area (Å²) in [5, 5.41) is 0. The van der Waals surface area contributed by atoms with E-state index in [9.17, 15) is 9.59 Å². The molecule has 0 aliphatic carbocycles. The van der Waals surface area contributed by atoms with Crippen molar-refractivity contribution in [3.8, 4) is 0 Å². The molecule has 0 aromatic carbocycles. The number of rotatable bonds is 3. The molecule has 2 heterocycles. The van der Waals surface area contributed by atoms with Crippen LogP contribution in [-0.4, -0.2) is 29.0 Å². The van der Waals surface area contributed by atoms with Gasteiger partial charge in [-0.15, -0.1) is 0 Å². The first kappa shape index (κ1) is 11.6. The number of H-pyrrole nitrogens is 1. The zero-order chi connectivity index (χ0) is 12.3. The molecule has 1 fully saturated rings. The van der Waals surface area contributed by atoms with Gasteiger partial charge in [-0.25, -0.2) is 10.8 Å². The molecule has 1 aromatic heterocycles. The molecule has 1 aliphatic rings. The molecule has 0 spiro atoms. The van der Waals surface area contributed by atoms with Crippen LogP contribution in [0.3, 0.4) is 0 Å². The Hall–Kier alpha value is -1.89. The van der Waals surface area contributed by atoms with Gasteiger partial charge in [-0.2, -0.15) is 0 Å². The predicted octanol–water partition coefficient (Wildman–Crippen LogP) is -1.10. The number of nitrogens with two attached hydrogens (primary N) is 1. The van der Waals surface area contributed by atoms with Crippen molar-refractivity contribution in [1.29, 1.82) is 0 Å². The van der Waals surface area contributed by atoms with Crippen molar-refractivity contribution in [3.63, 3.8) is 0 Å². The number of carbonyl (C=O) groups excluding carboxylic acids is 1. The molecule has 0 bridgehead atoms. The van der Waals surface area contributed by atoms with E-state index in [1.54, 1.807) is 0 Å². The zero-order valence-electron chi connectivity index (χ0n) is 9.40. The van der Waals surface area contributed by atoms with Crippen LogP contribution in [0.25, 0.3) is 0 Å². The van der Waals surface area contributed by atoms with Crippen molar-refractivity contribution < 1.29 is 4.79 Å². The van der Waals surface area contributed by atoms with Gasteiger partial charge in [0.1, 0.15) is 0 Å². The van der Waals surface area contributed by atoms with Crippen LogP contribution in [0.5, 0.6) is 0 Å². The Morgan fingerprint density at radius 1 is 1.53 bits per heavy atom. The lowest BCUT2D eigenvalue weighted by Gasteiger charge is -2.15. The Labute approximate surface area is 98.0 Å². The summed E-state index contributed by atoms with van der Waals surface area (Å²) in [5.41, 5.74) is 2.20. The van der Waals surface area contributed by atoms with Gasteiger partial charge in [0.05, 0.1) is 12.1 Å². The lowest BCUT2D eigenvalue weighted by atomic mass is 10.3. The number of aromatic nitrogens is 2. The van der Waals surface area contributed by atoms with E-state index in [0.29, 0.717) is 11.6 Å². The minimum Gasteiger partial charge on any atom is -0.342 e.